The molecule has 0 aliphatic heterocycles. The van der Waals surface area contributed by atoms with E-state index in [2.05, 4.69) is 20.4 Å². The molecule has 3 heterocycles. The number of hydrogen-bond acceptors (Lipinski definition) is 9. The topological polar surface area (TPSA) is 142 Å². The van der Waals surface area contributed by atoms with E-state index in [1.165, 1.54) is 23.2 Å². The minimum Gasteiger partial charge on any atom is -0.444 e. The highest BCUT2D eigenvalue weighted by atomic mass is 19.3. The molecule has 1 fully saturated rings. The van der Waals surface area contributed by atoms with Crippen LogP contribution in [0.3, 0.4) is 0 Å². The van der Waals surface area contributed by atoms with Crippen molar-refractivity contribution in [2.45, 2.75) is 45.6 Å². The Bertz CT molecular complexity index is 1630. The summed E-state index contributed by atoms with van der Waals surface area (Å²) in [6.07, 6.45) is 1.85. The number of carbonyl (C=O) groups is 3. The van der Waals surface area contributed by atoms with E-state index in [-0.39, 0.29) is 22.8 Å². The van der Waals surface area contributed by atoms with Gasteiger partial charge in [0.25, 0.3) is 12.3 Å². The summed E-state index contributed by atoms with van der Waals surface area (Å²) in [7, 11) is 0. The third-order valence-corrected chi connectivity index (χ3v) is 6.12. The fraction of sp³-hybridized carbons (Fsp3) is 0.310. The van der Waals surface area contributed by atoms with Gasteiger partial charge >= 0.3 is 12.1 Å². The van der Waals surface area contributed by atoms with E-state index in [1.807, 2.05) is 0 Å². The molecule has 224 valence electrons. The highest BCUT2D eigenvalue weighted by Crippen LogP contribution is 2.33. The van der Waals surface area contributed by atoms with Gasteiger partial charge in [0.1, 0.15) is 17.7 Å². The number of aromatic nitrogens is 4. The first-order valence-electron chi connectivity index (χ1n) is 13.4. The summed E-state index contributed by atoms with van der Waals surface area (Å²) in [5.74, 6) is -1.00. The lowest BCUT2D eigenvalue weighted by Crippen LogP contribution is -2.38. The lowest BCUT2D eigenvalue weighted by Gasteiger charge is -2.27. The number of pyridine rings is 1. The number of rotatable bonds is 9. The number of oxazole rings is 1. The molecule has 0 radical (unpaired) electrons. The molecule has 1 aliphatic carbocycles. The smallest absolute Gasteiger partial charge is 0.416 e. The van der Waals surface area contributed by atoms with Crippen molar-refractivity contribution >= 4 is 29.5 Å². The molecule has 5 rings (SSSR count). The summed E-state index contributed by atoms with van der Waals surface area (Å²) >= 11 is 0. The van der Waals surface area contributed by atoms with Crippen LogP contribution in [0.1, 0.15) is 66.6 Å². The molecule has 1 N–H and O–H groups in total. The molecule has 1 aliphatic rings. The van der Waals surface area contributed by atoms with Crippen LogP contribution in [-0.2, 0) is 4.74 Å². The maximum atomic E-state index is 13.7. The van der Waals surface area contributed by atoms with E-state index in [0.717, 1.165) is 25.3 Å². The van der Waals surface area contributed by atoms with Gasteiger partial charge in [0.05, 0.1) is 17.4 Å². The number of hydrogen-bond donors (Lipinski definition) is 1. The molecule has 0 spiro atoms. The summed E-state index contributed by atoms with van der Waals surface area (Å²) in [6.45, 7) is 5.76. The summed E-state index contributed by atoms with van der Waals surface area (Å²) in [5.41, 5.74) is -1.52. The Morgan fingerprint density at radius 1 is 1.16 bits per heavy atom. The molecular weight excluding hydrogens is 566 g/mol. The second-order valence-corrected chi connectivity index (χ2v) is 10.8. The van der Waals surface area contributed by atoms with E-state index in [1.54, 1.807) is 51.1 Å². The summed E-state index contributed by atoms with van der Waals surface area (Å²) < 4.78 is 38.4. The van der Waals surface area contributed by atoms with Crippen molar-refractivity contribution in [1.82, 2.24) is 19.9 Å². The molecule has 43 heavy (non-hydrogen) atoms. The number of anilines is 2. The van der Waals surface area contributed by atoms with Crippen molar-refractivity contribution in [3.05, 3.63) is 78.1 Å². The number of amides is 2. The molecule has 0 unspecified atom stereocenters. The molecule has 3 aromatic heterocycles. The Hall–Kier alpha value is -5.14. The number of nitrogens with one attached hydrogen (secondary N) is 1. The molecule has 1 aromatic carbocycles. The zero-order valence-corrected chi connectivity index (χ0v) is 23.5. The predicted molar refractivity (Wildman–Crippen MR) is 149 cm³/mol. The Morgan fingerprint density at radius 2 is 1.91 bits per heavy atom. The maximum absolute atomic E-state index is 13.7. The molecule has 0 bridgehead atoms. The van der Waals surface area contributed by atoms with Crippen LogP contribution < -0.4 is 15.1 Å². The zero-order chi connectivity index (χ0) is 30.7. The predicted octanol–water partition coefficient (Wildman–Crippen LogP) is 5.54. The van der Waals surface area contributed by atoms with Gasteiger partial charge in [-0.2, -0.15) is 0 Å². The average molecular weight is 595 g/mol. The highest BCUT2D eigenvalue weighted by Gasteiger charge is 2.31. The Balaban J connectivity index is 1.32. The second kappa shape index (κ2) is 12.0. The summed E-state index contributed by atoms with van der Waals surface area (Å²) in [4.78, 5) is 53.7. The number of carbonyl (C=O) groups excluding carboxylic acids is 3. The van der Waals surface area contributed by atoms with Crippen molar-refractivity contribution in [1.29, 1.82) is 0 Å². The van der Waals surface area contributed by atoms with Gasteiger partial charge in [0.15, 0.2) is 11.4 Å². The Morgan fingerprint density at radius 3 is 2.58 bits per heavy atom. The lowest BCUT2D eigenvalue weighted by molar-refractivity contribution is 0.0379. The first kappa shape index (κ1) is 29.4. The van der Waals surface area contributed by atoms with Gasteiger partial charge < -0.3 is 19.3 Å². The molecular formula is C29H28F2N6O6. The standard InChI is InChI=1S/C29H28F2N6O6/c1-29(2,3)42-28(40)36(14-17-9-10-17)22-13-19(11-12-32-22)26-34-21(16-41-26)25(38)33-20-15-37(35-23(20)24(30)31)43-27(39)18-7-5-4-6-8-18/h4-8,11-13,15-17,24H,9-10,14H2,1-3H3,(H,33,38). The van der Waals surface area contributed by atoms with Gasteiger partial charge in [-0.3, -0.25) is 9.69 Å². The van der Waals surface area contributed by atoms with Crippen molar-refractivity contribution < 1.29 is 37.2 Å². The molecule has 0 saturated heterocycles. The lowest BCUT2D eigenvalue weighted by atomic mass is 10.2. The van der Waals surface area contributed by atoms with Crippen molar-refractivity contribution in [3.8, 4) is 11.5 Å². The number of ether oxygens (including phenoxy) is 1. The van der Waals surface area contributed by atoms with Crippen LogP contribution in [0.15, 0.2) is 65.5 Å². The number of nitrogens with zero attached hydrogens (tertiary/aromatic N) is 5. The molecule has 12 nitrogen and oxygen atoms in total. The third-order valence-electron chi connectivity index (χ3n) is 6.12. The third kappa shape index (κ3) is 7.39. The van der Waals surface area contributed by atoms with Crippen LogP contribution in [-0.4, -0.2) is 50.0 Å². The SMILES string of the molecule is CC(C)(C)OC(=O)N(CC1CC1)c1cc(-c2nc(C(=O)Nc3cn(OC(=O)c4ccccc4)nc3C(F)F)co2)ccn1. The quantitative estimate of drug-likeness (QED) is 0.264. The molecule has 0 atom stereocenters. The Kier molecular flexibility index (Phi) is 8.19. The van der Waals surface area contributed by atoms with Crippen LogP contribution in [0.25, 0.3) is 11.5 Å². The Labute approximate surface area is 244 Å². The van der Waals surface area contributed by atoms with E-state index >= 15 is 0 Å². The van der Waals surface area contributed by atoms with Crippen LogP contribution >= 0.6 is 0 Å². The van der Waals surface area contributed by atoms with Crippen molar-refractivity contribution in [2.75, 3.05) is 16.8 Å². The average Bonchev–Trinajstić information content (AvgIpc) is 3.48. The monoisotopic (exact) mass is 594 g/mol. The molecule has 1 saturated carbocycles. The van der Waals surface area contributed by atoms with Crippen molar-refractivity contribution in [2.24, 2.45) is 5.92 Å². The minimum absolute atomic E-state index is 0.0333. The van der Waals surface area contributed by atoms with Crippen molar-refractivity contribution in [3.63, 3.8) is 0 Å². The minimum atomic E-state index is -3.08. The summed E-state index contributed by atoms with van der Waals surface area (Å²) in [5, 5.41) is 5.88. The fourth-order valence-corrected chi connectivity index (χ4v) is 3.91. The first-order chi connectivity index (χ1) is 20.5. The van der Waals surface area contributed by atoms with Gasteiger partial charge in [-0.05, 0) is 63.8 Å². The van der Waals surface area contributed by atoms with E-state index in [4.69, 9.17) is 14.0 Å². The van der Waals surface area contributed by atoms with E-state index in [0.29, 0.717) is 28.7 Å². The fourth-order valence-electron chi connectivity index (χ4n) is 3.91. The largest absolute Gasteiger partial charge is 0.444 e. The van der Waals surface area contributed by atoms with E-state index in [9.17, 15) is 23.2 Å². The van der Waals surface area contributed by atoms with Crippen LogP contribution in [0.5, 0.6) is 0 Å². The van der Waals surface area contributed by atoms with Crippen LogP contribution in [0.4, 0.5) is 25.1 Å². The number of halogens is 2. The van der Waals surface area contributed by atoms with Gasteiger partial charge in [0.2, 0.25) is 5.89 Å². The maximum Gasteiger partial charge on any atom is 0.416 e. The number of alkyl halides is 2. The molecule has 14 heteroatoms. The van der Waals surface area contributed by atoms with Gasteiger partial charge in [0, 0.05) is 18.3 Å². The normalized spacial score (nSPS) is 13.1. The van der Waals surface area contributed by atoms with Gasteiger partial charge in [-0.25, -0.2) is 28.3 Å². The highest BCUT2D eigenvalue weighted by molar-refractivity contribution is 6.03. The molecule has 4 aromatic rings. The van der Waals surface area contributed by atoms with E-state index < -0.39 is 35.7 Å². The van der Waals surface area contributed by atoms with Crippen LogP contribution in [0, 0.1) is 5.92 Å². The van der Waals surface area contributed by atoms with Gasteiger partial charge in [-0.15, -0.1) is 5.10 Å². The zero-order valence-electron chi connectivity index (χ0n) is 23.5. The van der Waals surface area contributed by atoms with Gasteiger partial charge in [-0.1, -0.05) is 23.0 Å². The number of benzene rings is 1. The second-order valence-electron chi connectivity index (χ2n) is 10.8. The van der Waals surface area contributed by atoms with Crippen LogP contribution in [0.2, 0.25) is 0 Å². The molecule has 2 amide bonds. The summed E-state index contributed by atoms with van der Waals surface area (Å²) in [6, 6.07) is 11.1. The first-order valence-corrected chi connectivity index (χ1v) is 13.4.